The molecule has 0 aromatic carbocycles. The van der Waals surface area contributed by atoms with Gasteiger partial charge in [-0.15, -0.1) is 0 Å². The van der Waals surface area contributed by atoms with Gasteiger partial charge in [-0.05, 0) is 48.4 Å². The number of nitrogens with zero attached hydrogens (tertiary/aromatic N) is 2. The molecule has 3 aliphatic rings. The lowest BCUT2D eigenvalue weighted by molar-refractivity contribution is -0.126. The van der Waals surface area contributed by atoms with Crippen LogP contribution >= 0.6 is 0 Å². The number of fused-ring (bicyclic) bond motifs is 2. The van der Waals surface area contributed by atoms with E-state index in [-0.39, 0.29) is 11.6 Å². The number of carbonyl (C=O) groups is 2. The summed E-state index contributed by atoms with van der Waals surface area (Å²) in [5, 5.41) is 11.9. The van der Waals surface area contributed by atoms with Crippen LogP contribution in [0.1, 0.15) is 34.5 Å². The van der Waals surface area contributed by atoms with Crippen LogP contribution in [0.4, 0.5) is 0 Å². The van der Waals surface area contributed by atoms with Gasteiger partial charge < -0.3 is 10.4 Å². The number of carboxylic acids is 1. The first kappa shape index (κ1) is 12.3. The highest BCUT2D eigenvalue weighted by Gasteiger charge is 2.52. The predicted octanol–water partition coefficient (Wildman–Crippen LogP) is 1.07. The Labute approximate surface area is 120 Å². The lowest BCUT2D eigenvalue weighted by Gasteiger charge is -2.24. The minimum absolute atomic E-state index is 0.0278. The SMILES string of the molecule is O=C(O)c1cc2c(cn1)CC1(C2)C(=O)NC2=C1CCC=N2. The molecule has 4 rings (SSSR count). The smallest absolute Gasteiger partial charge is 0.354 e. The number of amides is 1. The molecular weight excluding hydrogens is 270 g/mol. The first-order valence-corrected chi connectivity index (χ1v) is 6.89. The minimum atomic E-state index is -1.04. The van der Waals surface area contributed by atoms with E-state index in [1.54, 1.807) is 12.3 Å². The van der Waals surface area contributed by atoms with Crippen LogP contribution in [0.2, 0.25) is 0 Å². The normalized spacial score (nSPS) is 26.0. The predicted molar refractivity (Wildman–Crippen MR) is 73.9 cm³/mol. The van der Waals surface area contributed by atoms with E-state index in [9.17, 15) is 9.59 Å². The van der Waals surface area contributed by atoms with E-state index < -0.39 is 11.4 Å². The highest BCUT2D eigenvalue weighted by molar-refractivity contribution is 5.94. The van der Waals surface area contributed by atoms with Gasteiger partial charge >= 0.3 is 5.97 Å². The summed E-state index contributed by atoms with van der Waals surface area (Å²) in [6.07, 6.45) is 6.19. The lowest BCUT2D eigenvalue weighted by atomic mass is 9.76. The molecule has 21 heavy (non-hydrogen) atoms. The third kappa shape index (κ3) is 1.59. The number of pyridine rings is 1. The quantitative estimate of drug-likeness (QED) is 0.806. The molecule has 106 valence electrons. The summed E-state index contributed by atoms with van der Waals surface area (Å²) < 4.78 is 0. The van der Waals surface area contributed by atoms with Crippen molar-refractivity contribution in [1.82, 2.24) is 10.3 Å². The van der Waals surface area contributed by atoms with Gasteiger partial charge in [-0.25, -0.2) is 14.8 Å². The summed E-state index contributed by atoms with van der Waals surface area (Å²) in [6.45, 7) is 0. The maximum Gasteiger partial charge on any atom is 0.354 e. The number of nitrogens with one attached hydrogen (secondary N) is 1. The summed E-state index contributed by atoms with van der Waals surface area (Å²) >= 11 is 0. The highest BCUT2D eigenvalue weighted by atomic mass is 16.4. The van der Waals surface area contributed by atoms with Crippen LogP contribution in [0, 0.1) is 5.41 Å². The summed E-state index contributed by atoms with van der Waals surface area (Å²) in [6, 6.07) is 1.59. The molecule has 0 saturated carbocycles. The van der Waals surface area contributed by atoms with E-state index in [2.05, 4.69) is 15.3 Å². The summed E-state index contributed by atoms with van der Waals surface area (Å²) in [5.41, 5.74) is 2.36. The molecule has 1 atom stereocenters. The van der Waals surface area contributed by atoms with Crippen molar-refractivity contribution in [2.75, 3.05) is 0 Å². The topological polar surface area (TPSA) is 91.6 Å². The molecule has 0 fully saturated rings. The fraction of sp³-hybridized carbons (Fsp3) is 0.333. The van der Waals surface area contributed by atoms with Crippen molar-refractivity contribution in [3.05, 3.63) is 40.5 Å². The Morgan fingerprint density at radius 2 is 2.14 bits per heavy atom. The number of aromatic carboxylic acids is 1. The number of hydrogen-bond acceptors (Lipinski definition) is 4. The first-order chi connectivity index (χ1) is 10.1. The summed E-state index contributed by atoms with van der Waals surface area (Å²) in [4.78, 5) is 31.8. The zero-order valence-electron chi connectivity index (χ0n) is 11.2. The minimum Gasteiger partial charge on any atom is -0.477 e. The van der Waals surface area contributed by atoms with Crippen molar-refractivity contribution in [2.45, 2.75) is 25.7 Å². The van der Waals surface area contributed by atoms with E-state index in [4.69, 9.17) is 5.11 Å². The molecule has 2 N–H and O–H groups in total. The number of hydrogen-bond donors (Lipinski definition) is 2. The molecular formula is C15H13N3O3. The summed E-state index contributed by atoms with van der Waals surface area (Å²) in [5.74, 6) is -0.387. The van der Waals surface area contributed by atoms with E-state index >= 15 is 0 Å². The number of carboxylic acid groups (broad SMARTS) is 1. The third-order valence-corrected chi connectivity index (χ3v) is 4.56. The van der Waals surface area contributed by atoms with Gasteiger partial charge in [0, 0.05) is 12.4 Å². The largest absolute Gasteiger partial charge is 0.477 e. The summed E-state index contributed by atoms with van der Waals surface area (Å²) in [7, 11) is 0. The van der Waals surface area contributed by atoms with Crippen molar-refractivity contribution >= 4 is 18.1 Å². The second-order valence-corrected chi connectivity index (χ2v) is 5.71. The number of aromatic nitrogens is 1. The van der Waals surface area contributed by atoms with Gasteiger partial charge in [0.2, 0.25) is 5.91 Å². The van der Waals surface area contributed by atoms with Crippen LogP contribution in [0.25, 0.3) is 0 Å². The van der Waals surface area contributed by atoms with Gasteiger partial charge in [0.15, 0.2) is 0 Å². The molecule has 1 aromatic rings. The van der Waals surface area contributed by atoms with Crippen LogP contribution in [-0.2, 0) is 17.6 Å². The van der Waals surface area contributed by atoms with Crippen LogP contribution in [0.15, 0.2) is 28.6 Å². The fourth-order valence-electron chi connectivity index (χ4n) is 3.55. The van der Waals surface area contributed by atoms with E-state index in [0.29, 0.717) is 18.7 Å². The molecule has 1 aliphatic carbocycles. The number of aliphatic imine (C=N–C) groups is 1. The third-order valence-electron chi connectivity index (χ3n) is 4.56. The second kappa shape index (κ2) is 4.00. The van der Waals surface area contributed by atoms with Crippen molar-refractivity contribution < 1.29 is 14.7 Å². The first-order valence-electron chi connectivity index (χ1n) is 6.89. The van der Waals surface area contributed by atoms with Gasteiger partial charge in [-0.1, -0.05) is 0 Å². The van der Waals surface area contributed by atoms with E-state index in [1.165, 1.54) is 0 Å². The number of rotatable bonds is 1. The Bertz CT molecular complexity index is 751. The molecule has 0 bridgehead atoms. The molecule has 0 saturated heterocycles. The second-order valence-electron chi connectivity index (χ2n) is 5.71. The van der Waals surface area contributed by atoms with Crippen LogP contribution < -0.4 is 5.32 Å². The molecule has 1 spiro atoms. The molecule has 1 amide bonds. The molecule has 1 aromatic heterocycles. The van der Waals surface area contributed by atoms with Gasteiger partial charge in [0.1, 0.15) is 11.5 Å². The standard InChI is InChI=1S/C15H13N3O3/c19-13(20)11-4-8-5-15(6-9(8)7-17-11)10-2-1-3-16-12(10)18-14(15)21/h3-4,7H,1-2,5-6H2,(H,18,21)(H,19,20). The zero-order chi connectivity index (χ0) is 14.6. The molecule has 6 nitrogen and oxygen atoms in total. The molecule has 1 unspecified atom stereocenters. The molecule has 6 heteroatoms. The Balaban J connectivity index is 1.79. The Morgan fingerprint density at radius 3 is 2.95 bits per heavy atom. The maximum atomic E-state index is 12.5. The number of carbonyl (C=O) groups excluding carboxylic acids is 1. The maximum absolute atomic E-state index is 12.5. The molecule has 2 aliphatic heterocycles. The Kier molecular flexibility index (Phi) is 2.34. The monoisotopic (exact) mass is 283 g/mol. The molecule has 0 radical (unpaired) electrons. The Hall–Kier alpha value is -2.50. The van der Waals surface area contributed by atoms with Crippen molar-refractivity contribution in [1.29, 1.82) is 0 Å². The van der Waals surface area contributed by atoms with Crippen molar-refractivity contribution in [2.24, 2.45) is 10.4 Å². The zero-order valence-corrected chi connectivity index (χ0v) is 11.2. The van der Waals surface area contributed by atoms with E-state index in [1.807, 2.05) is 6.21 Å². The van der Waals surface area contributed by atoms with Crippen LogP contribution in [-0.4, -0.2) is 28.2 Å². The van der Waals surface area contributed by atoms with Crippen LogP contribution in [0.3, 0.4) is 0 Å². The van der Waals surface area contributed by atoms with Gasteiger partial charge in [0.05, 0.1) is 5.41 Å². The molecule has 3 heterocycles. The average Bonchev–Trinajstić information content (AvgIpc) is 2.98. The van der Waals surface area contributed by atoms with Crippen molar-refractivity contribution in [3.8, 4) is 0 Å². The van der Waals surface area contributed by atoms with Gasteiger partial charge in [-0.3, -0.25) is 4.79 Å². The van der Waals surface area contributed by atoms with Crippen LogP contribution in [0.5, 0.6) is 0 Å². The van der Waals surface area contributed by atoms with Gasteiger partial charge in [0.25, 0.3) is 0 Å². The van der Waals surface area contributed by atoms with Crippen molar-refractivity contribution in [3.63, 3.8) is 0 Å². The van der Waals surface area contributed by atoms with Gasteiger partial charge in [-0.2, -0.15) is 0 Å². The Morgan fingerprint density at radius 1 is 1.33 bits per heavy atom. The lowest BCUT2D eigenvalue weighted by Crippen LogP contribution is -2.35. The average molecular weight is 283 g/mol. The highest BCUT2D eigenvalue weighted by Crippen LogP contribution is 2.49. The fourth-order valence-corrected chi connectivity index (χ4v) is 3.55. The van der Waals surface area contributed by atoms with E-state index in [0.717, 1.165) is 29.5 Å².